The van der Waals surface area contributed by atoms with Gasteiger partial charge in [-0.2, -0.15) is 0 Å². The first-order chi connectivity index (χ1) is 9.49. The van der Waals surface area contributed by atoms with Crippen LogP contribution in [0.15, 0.2) is 0 Å². The molecular weight excluding hydrogens is 260 g/mol. The zero-order chi connectivity index (χ0) is 15.0. The molecule has 0 saturated carbocycles. The zero-order valence-electron chi connectivity index (χ0n) is 12.4. The first kappa shape index (κ1) is 16.8. The van der Waals surface area contributed by atoms with Crippen LogP contribution in [0.25, 0.3) is 0 Å². The number of hydrogen-bond acceptors (Lipinski definition) is 3. The normalized spacial score (nSPS) is 17.6. The standard InChI is InChI=1S/C14H26N2O4/c1-11(2)8-12(9-13(17)18)10-15-14(19)16-4-3-6-20-7-5-16/h11-12H,3-10H2,1-2H3,(H,15,19)(H,17,18)/t12-/m0/s1. The molecule has 0 aromatic rings. The summed E-state index contributed by atoms with van der Waals surface area (Å²) in [6.07, 6.45) is 1.75. The Bertz CT molecular complexity index is 312. The maximum absolute atomic E-state index is 12.0. The van der Waals surface area contributed by atoms with Crippen LogP contribution in [0.1, 0.15) is 33.1 Å². The van der Waals surface area contributed by atoms with Crippen molar-refractivity contribution < 1.29 is 19.4 Å². The monoisotopic (exact) mass is 286 g/mol. The molecule has 0 spiro atoms. The fourth-order valence-corrected chi connectivity index (χ4v) is 2.45. The molecule has 1 fully saturated rings. The van der Waals surface area contributed by atoms with Crippen LogP contribution in [0, 0.1) is 11.8 Å². The molecule has 0 aromatic carbocycles. The van der Waals surface area contributed by atoms with Gasteiger partial charge in [0.05, 0.1) is 6.61 Å². The summed E-state index contributed by atoms with van der Waals surface area (Å²) < 4.78 is 5.31. The molecule has 0 aromatic heterocycles. The Morgan fingerprint density at radius 3 is 2.70 bits per heavy atom. The summed E-state index contributed by atoms with van der Waals surface area (Å²) in [5, 5.41) is 11.8. The second-order valence-electron chi connectivity index (χ2n) is 5.73. The smallest absolute Gasteiger partial charge is 0.317 e. The molecule has 0 aliphatic carbocycles. The predicted octanol–water partition coefficient (Wildman–Crippen LogP) is 1.56. The number of urea groups is 1. The van der Waals surface area contributed by atoms with Crippen molar-refractivity contribution in [2.45, 2.75) is 33.1 Å². The van der Waals surface area contributed by atoms with E-state index in [0.29, 0.717) is 38.8 Å². The molecule has 1 aliphatic heterocycles. The Balaban J connectivity index is 2.39. The highest BCUT2D eigenvalue weighted by Gasteiger charge is 2.19. The molecule has 0 radical (unpaired) electrons. The van der Waals surface area contributed by atoms with Crippen LogP contribution in [-0.4, -0.2) is 54.9 Å². The quantitative estimate of drug-likeness (QED) is 0.776. The number of ether oxygens (including phenoxy) is 1. The van der Waals surface area contributed by atoms with Gasteiger partial charge in [0.15, 0.2) is 0 Å². The van der Waals surface area contributed by atoms with Gasteiger partial charge in [-0.3, -0.25) is 4.79 Å². The number of carbonyl (C=O) groups excluding carboxylic acids is 1. The lowest BCUT2D eigenvalue weighted by Gasteiger charge is -2.23. The Kier molecular flexibility index (Phi) is 7.36. The van der Waals surface area contributed by atoms with Crippen molar-refractivity contribution in [2.75, 3.05) is 32.8 Å². The predicted molar refractivity (Wildman–Crippen MR) is 75.6 cm³/mol. The molecule has 116 valence electrons. The van der Waals surface area contributed by atoms with Gasteiger partial charge < -0.3 is 20.1 Å². The number of carboxylic acids is 1. The van der Waals surface area contributed by atoms with E-state index in [1.807, 2.05) is 0 Å². The average Bonchev–Trinajstić information content (AvgIpc) is 2.63. The van der Waals surface area contributed by atoms with Crippen molar-refractivity contribution >= 4 is 12.0 Å². The molecule has 0 bridgehead atoms. The summed E-state index contributed by atoms with van der Waals surface area (Å²) in [6.45, 7) is 7.09. The van der Waals surface area contributed by atoms with Crippen LogP contribution in [0.3, 0.4) is 0 Å². The van der Waals surface area contributed by atoms with Gasteiger partial charge in [-0.25, -0.2) is 4.79 Å². The summed E-state index contributed by atoms with van der Waals surface area (Å²) in [5.41, 5.74) is 0. The minimum atomic E-state index is -0.812. The van der Waals surface area contributed by atoms with Gasteiger partial charge in [-0.15, -0.1) is 0 Å². The average molecular weight is 286 g/mol. The number of carbonyl (C=O) groups is 2. The van der Waals surface area contributed by atoms with E-state index in [9.17, 15) is 9.59 Å². The summed E-state index contributed by atoms with van der Waals surface area (Å²) in [7, 11) is 0. The molecule has 1 heterocycles. The van der Waals surface area contributed by atoms with Crippen LogP contribution in [0.5, 0.6) is 0 Å². The molecule has 1 aliphatic rings. The third kappa shape index (κ3) is 6.75. The van der Waals surface area contributed by atoms with Crippen molar-refractivity contribution in [2.24, 2.45) is 11.8 Å². The van der Waals surface area contributed by atoms with Gasteiger partial charge >= 0.3 is 12.0 Å². The van der Waals surface area contributed by atoms with E-state index >= 15 is 0 Å². The number of amides is 2. The molecule has 2 N–H and O–H groups in total. The van der Waals surface area contributed by atoms with Crippen molar-refractivity contribution in [1.29, 1.82) is 0 Å². The fraction of sp³-hybridized carbons (Fsp3) is 0.857. The number of rotatable bonds is 6. The van der Waals surface area contributed by atoms with E-state index in [1.165, 1.54) is 0 Å². The SMILES string of the molecule is CC(C)C[C@H](CNC(=O)N1CCCOCC1)CC(=O)O. The first-order valence-electron chi connectivity index (χ1n) is 7.31. The van der Waals surface area contributed by atoms with Gasteiger partial charge in [0.2, 0.25) is 0 Å². The van der Waals surface area contributed by atoms with E-state index < -0.39 is 5.97 Å². The topological polar surface area (TPSA) is 78.9 Å². The van der Waals surface area contributed by atoms with Crippen molar-refractivity contribution in [1.82, 2.24) is 10.2 Å². The number of nitrogens with one attached hydrogen (secondary N) is 1. The molecule has 2 amide bonds. The second-order valence-corrected chi connectivity index (χ2v) is 5.73. The third-order valence-corrected chi connectivity index (χ3v) is 3.32. The molecule has 1 atom stereocenters. The summed E-state index contributed by atoms with van der Waals surface area (Å²) in [6, 6.07) is -0.116. The van der Waals surface area contributed by atoms with Crippen LogP contribution < -0.4 is 5.32 Å². The number of carboxylic acid groups (broad SMARTS) is 1. The molecule has 6 heteroatoms. The van der Waals surface area contributed by atoms with E-state index in [2.05, 4.69) is 19.2 Å². The largest absolute Gasteiger partial charge is 0.481 e. The van der Waals surface area contributed by atoms with Crippen LogP contribution in [0.4, 0.5) is 4.79 Å². The van der Waals surface area contributed by atoms with E-state index in [1.54, 1.807) is 4.90 Å². The Hall–Kier alpha value is -1.30. The van der Waals surface area contributed by atoms with Crippen LogP contribution >= 0.6 is 0 Å². The highest BCUT2D eigenvalue weighted by Crippen LogP contribution is 2.15. The summed E-state index contributed by atoms with van der Waals surface area (Å²) in [5.74, 6) is -0.407. The lowest BCUT2D eigenvalue weighted by molar-refractivity contribution is -0.138. The molecule has 6 nitrogen and oxygen atoms in total. The highest BCUT2D eigenvalue weighted by atomic mass is 16.5. The molecule has 1 saturated heterocycles. The van der Waals surface area contributed by atoms with Crippen LogP contribution in [0.2, 0.25) is 0 Å². The molecular formula is C14H26N2O4. The van der Waals surface area contributed by atoms with E-state index in [-0.39, 0.29) is 18.4 Å². The maximum Gasteiger partial charge on any atom is 0.317 e. The first-order valence-corrected chi connectivity index (χ1v) is 7.31. The number of hydrogen-bond donors (Lipinski definition) is 2. The number of aliphatic carboxylic acids is 1. The summed E-state index contributed by atoms with van der Waals surface area (Å²) in [4.78, 5) is 24.6. The fourth-order valence-electron chi connectivity index (χ4n) is 2.45. The Morgan fingerprint density at radius 2 is 2.05 bits per heavy atom. The van der Waals surface area contributed by atoms with E-state index in [0.717, 1.165) is 12.8 Å². The Morgan fingerprint density at radius 1 is 1.30 bits per heavy atom. The minimum absolute atomic E-state index is 0.0142. The third-order valence-electron chi connectivity index (χ3n) is 3.32. The Labute approximate surface area is 120 Å². The second kappa shape index (κ2) is 8.79. The summed E-state index contributed by atoms with van der Waals surface area (Å²) >= 11 is 0. The molecule has 1 rings (SSSR count). The van der Waals surface area contributed by atoms with Crippen molar-refractivity contribution in [3.05, 3.63) is 0 Å². The number of nitrogens with zero attached hydrogens (tertiary/aromatic N) is 1. The van der Waals surface area contributed by atoms with Gasteiger partial charge in [0.25, 0.3) is 0 Å². The van der Waals surface area contributed by atoms with Crippen molar-refractivity contribution in [3.63, 3.8) is 0 Å². The van der Waals surface area contributed by atoms with Gasteiger partial charge in [-0.05, 0) is 24.7 Å². The lowest BCUT2D eigenvalue weighted by atomic mass is 9.94. The zero-order valence-corrected chi connectivity index (χ0v) is 12.4. The molecule has 20 heavy (non-hydrogen) atoms. The maximum atomic E-state index is 12.0. The lowest BCUT2D eigenvalue weighted by Crippen LogP contribution is -2.43. The van der Waals surface area contributed by atoms with Crippen molar-refractivity contribution in [3.8, 4) is 0 Å². The minimum Gasteiger partial charge on any atom is -0.481 e. The van der Waals surface area contributed by atoms with Gasteiger partial charge in [-0.1, -0.05) is 13.8 Å². The highest BCUT2D eigenvalue weighted by molar-refractivity contribution is 5.74. The van der Waals surface area contributed by atoms with E-state index in [4.69, 9.17) is 9.84 Å². The van der Waals surface area contributed by atoms with Crippen LogP contribution in [-0.2, 0) is 9.53 Å². The molecule has 0 unspecified atom stereocenters. The van der Waals surface area contributed by atoms with Gasteiger partial charge in [0, 0.05) is 32.7 Å². The van der Waals surface area contributed by atoms with Gasteiger partial charge in [0.1, 0.15) is 0 Å².